The van der Waals surface area contributed by atoms with Crippen LogP contribution in [0, 0.1) is 6.92 Å². The molecular formula is C15H13N3O2S. The molecule has 0 amide bonds. The van der Waals surface area contributed by atoms with E-state index in [0.29, 0.717) is 28.3 Å². The first-order valence-corrected chi connectivity index (χ1v) is 6.71. The van der Waals surface area contributed by atoms with Crippen molar-refractivity contribution in [3.05, 3.63) is 42.0 Å². The molecule has 1 aromatic heterocycles. The van der Waals surface area contributed by atoms with Gasteiger partial charge in [-0.05, 0) is 49.0 Å². The fraction of sp³-hybridized carbons (Fsp3) is 0.0667. The number of fused-ring (bicyclic) bond motifs is 1. The predicted octanol–water partition coefficient (Wildman–Crippen LogP) is 3.16. The number of aromatic hydroxyl groups is 1. The van der Waals surface area contributed by atoms with Crippen LogP contribution in [0.1, 0.15) is 5.56 Å². The van der Waals surface area contributed by atoms with Gasteiger partial charge in [0.15, 0.2) is 10.7 Å². The van der Waals surface area contributed by atoms with Crippen molar-refractivity contribution in [1.29, 1.82) is 0 Å². The molecule has 1 heterocycles. The van der Waals surface area contributed by atoms with E-state index in [1.54, 1.807) is 19.1 Å². The van der Waals surface area contributed by atoms with Gasteiger partial charge in [-0.15, -0.1) is 0 Å². The Kier molecular flexibility index (Phi) is 3.23. The number of para-hydroxylation sites is 2. The molecule has 0 aliphatic rings. The highest BCUT2D eigenvalue weighted by atomic mass is 32.1. The summed E-state index contributed by atoms with van der Waals surface area (Å²) in [7, 11) is 0. The molecule has 106 valence electrons. The zero-order chi connectivity index (χ0) is 15.0. The Balaban J connectivity index is 2.15. The molecule has 21 heavy (non-hydrogen) atoms. The van der Waals surface area contributed by atoms with Crippen LogP contribution in [0.2, 0.25) is 0 Å². The number of oxazole rings is 1. The van der Waals surface area contributed by atoms with E-state index in [1.807, 2.05) is 24.3 Å². The van der Waals surface area contributed by atoms with Crippen molar-refractivity contribution in [2.24, 2.45) is 5.73 Å². The van der Waals surface area contributed by atoms with Crippen molar-refractivity contribution < 1.29 is 9.52 Å². The average Bonchev–Trinajstić information content (AvgIpc) is 2.85. The number of phenols is 1. The number of nitrogens with two attached hydrogens (primary N) is 1. The number of nitrogens with one attached hydrogen (secondary N) is 1. The Morgan fingerprint density at radius 1 is 1.33 bits per heavy atom. The third kappa shape index (κ3) is 2.53. The molecule has 2 aromatic carbocycles. The van der Waals surface area contributed by atoms with Crippen LogP contribution < -0.4 is 11.1 Å². The lowest BCUT2D eigenvalue weighted by atomic mass is 10.1. The molecule has 0 saturated carbocycles. The van der Waals surface area contributed by atoms with Gasteiger partial charge >= 0.3 is 0 Å². The van der Waals surface area contributed by atoms with E-state index >= 15 is 0 Å². The monoisotopic (exact) mass is 299 g/mol. The lowest BCUT2D eigenvalue weighted by Gasteiger charge is -2.09. The number of hydrogen-bond donors (Lipinski definition) is 3. The zero-order valence-electron chi connectivity index (χ0n) is 11.3. The van der Waals surface area contributed by atoms with Gasteiger partial charge in [-0.3, -0.25) is 0 Å². The number of benzene rings is 2. The van der Waals surface area contributed by atoms with Crippen LogP contribution >= 0.6 is 12.2 Å². The van der Waals surface area contributed by atoms with Gasteiger partial charge in [0, 0.05) is 5.69 Å². The van der Waals surface area contributed by atoms with Gasteiger partial charge in [0.05, 0.1) is 5.56 Å². The van der Waals surface area contributed by atoms with Crippen molar-refractivity contribution in [2.45, 2.75) is 6.92 Å². The van der Waals surface area contributed by atoms with Crippen LogP contribution in [0.15, 0.2) is 40.8 Å². The van der Waals surface area contributed by atoms with Crippen molar-refractivity contribution in [1.82, 2.24) is 4.98 Å². The normalized spacial score (nSPS) is 10.7. The summed E-state index contributed by atoms with van der Waals surface area (Å²) in [4.78, 5) is 4.39. The maximum Gasteiger partial charge on any atom is 0.231 e. The standard InChI is InChI=1S/C15H13N3O2S/c1-8-6-9(17-15(16)21)7-10(13(8)19)14-18-11-4-2-3-5-12(11)20-14/h2-7,19H,1H3,(H3,16,17,21). The minimum Gasteiger partial charge on any atom is -0.507 e. The Morgan fingerprint density at radius 2 is 2.10 bits per heavy atom. The molecule has 0 unspecified atom stereocenters. The fourth-order valence-corrected chi connectivity index (χ4v) is 2.26. The minimum absolute atomic E-state index is 0.120. The molecule has 6 heteroatoms. The zero-order valence-corrected chi connectivity index (χ0v) is 12.1. The minimum atomic E-state index is 0.120. The molecule has 0 saturated heterocycles. The number of anilines is 1. The van der Waals surface area contributed by atoms with E-state index < -0.39 is 0 Å². The van der Waals surface area contributed by atoms with E-state index in [0.717, 1.165) is 5.52 Å². The summed E-state index contributed by atoms with van der Waals surface area (Å²) in [5.74, 6) is 0.471. The third-order valence-corrected chi connectivity index (χ3v) is 3.19. The van der Waals surface area contributed by atoms with Crippen molar-refractivity contribution in [3.8, 4) is 17.2 Å². The molecule has 0 radical (unpaired) electrons. The van der Waals surface area contributed by atoms with Crippen LogP contribution in [-0.2, 0) is 0 Å². The summed E-state index contributed by atoms with van der Waals surface area (Å²) >= 11 is 4.83. The van der Waals surface area contributed by atoms with E-state index in [4.69, 9.17) is 22.4 Å². The van der Waals surface area contributed by atoms with E-state index in [-0.39, 0.29) is 10.9 Å². The summed E-state index contributed by atoms with van der Waals surface area (Å²) in [6, 6.07) is 10.9. The maximum absolute atomic E-state index is 10.2. The number of hydrogen-bond acceptors (Lipinski definition) is 4. The highest BCUT2D eigenvalue weighted by Crippen LogP contribution is 2.35. The molecule has 0 fully saturated rings. The molecular weight excluding hydrogens is 286 g/mol. The van der Waals surface area contributed by atoms with Gasteiger partial charge in [-0.1, -0.05) is 12.1 Å². The van der Waals surface area contributed by atoms with Crippen molar-refractivity contribution in [3.63, 3.8) is 0 Å². The largest absolute Gasteiger partial charge is 0.507 e. The predicted molar refractivity (Wildman–Crippen MR) is 86.3 cm³/mol. The van der Waals surface area contributed by atoms with Crippen LogP contribution in [0.3, 0.4) is 0 Å². The molecule has 0 atom stereocenters. The van der Waals surface area contributed by atoms with E-state index in [9.17, 15) is 5.11 Å². The quantitative estimate of drug-likeness (QED) is 0.498. The highest BCUT2D eigenvalue weighted by molar-refractivity contribution is 7.80. The maximum atomic E-state index is 10.2. The summed E-state index contributed by atoms with van der Waals surface area (Å²) in [6.07, 6.45) is 0. The van der Waals surface area contributed by atoms with Crippen LogP contribution in [0.25, 0.3) is 22.6 Å². The smallest absolute Gasteiger partial charge is 0.231 e. The lowest BCUT2D eigenvalue weighted by molar-refractivity contribution is 0.470. The number of rotatable bonds is 2. The molecule has 5 nitrogen and oxygen atoms in total. The molecule has 0 aliphatic heterocycles. The second-order valence-corrected chi connectivity index (χ2v) is 5.11. The average molecular weight is 299 g/mol. The van der Waals surface area contributed by atoms with Crippen molar-refractivity contribution >= 4 is 34.1 Å². The Morgan fingerprint density at radius 3 is 2.81 bits per heavy atom. The Bertz CT molecular complexity index is 809. The number of phenolic OH excluding ortho intramolecular Hbond substituents is 1. The molecule has 3 aromatic rings. The number of nitrogens with zero attached hydrogens (tertiary/aromatic N) is 1. The van der Waals surface area contributed by atoms with Gasteiger partial charge in [0.2, 0.25) is 5.89 Å². The van der Waals surface area contributed by atoms with Gasteiger partial charge in [0.25, 0.3) is 0 Å². The fourth-order valence-electron chi connectivity index (χ4n) is 2.14. The number of thiocarbonyl (C=S) groups is 1. The molecule has 0 spiro atoms. The molecule has 4 N–H and O–H groups in total. The van der Waals surface area contributed by atoms with Gasteiger partial charge in [0.1, 0.15) is 11.3 Å². The first-order valence-electron chi connectivity index (χ1n) is 6.30. The summed E-state index contributed by atoms with van der Waals surface area (Å²) in [6.45, 7) is 1.78. The van der Waals surface area contributed by atoms with Crippen LogP contribution in [0.5, 0.6) is 5.75 Å². The Hall–Kier alpha value is -2.60. The first-order chi connectivity index (χ1) is 10.0. The summed E-state index contributed by atoms with van der Waals surface area (Å²) in [5, 5.41) is 13.2. The van der Waals surface area contributed by atoms with Crippen LogP contribution in [-0.4, -0.2) is 15.2 Å². The van der Waals surface area contributed by atoms with Crippen LogP contribution in [0.4, 0.5) is 5.69 Å². The first kappa shape index (κ1) is 13.4. The van der Waals surface area contributed by atoms with Crippen molar-refractivity contribution in [2.75, 3.05) is 5.32 Å². The molecule has 3 rings (SSSR count). The SMILES string of the molecule is Cc1cc(NC(N)=S)cc(-c2nc3ccccc3o2)c1O. The highest BCUT2D eigenvalue weighted by Gasteiger charge is 2.15. The number of aromatic nitrogens is 1. The molecule has 0 aliphatic carbocycles. The van der Waals surface area contributed by atoms with E-state index in [1.165, 1.54) is 0 Å². The van der Waals surface area contributed by atoms with Gasteiger partial charge in [-0.2, -0.15) is 0 Å². The second-order valence-electron chi connectivity index (χ2n) is 4.67. The third-order valence-electron chi connectivity index (χ3n) is 3.09. The van der Waals surface area contributed by atoms with E-state index in [2.05, 4.69) is 10.3 Å². The topological polar surface area (TPSA) is 84.3 Å². The van der Waals surface area contributed by atoms with Gasteiger partial charge in [-0.25, -0.2) is 4.98 Å². The second kappa shape index (κ2) is 5.06. The number of aryl methyl sites for hydroxylation is 1. The summed E-state index contributed by atoms with van der Waals surface area (Å²) in [5.41, 5.74) is 8.72. The lowest BCUT2D eigenvalue weighted by Crippen LogP contribution is -2.18. The molecule has 0 bridgehead atoms. The Labute approximate surface area is 126 Å². The van der Waals surface area contributed by atoms with Gasteiger partial charge < -0.3 is 20.6 Å². The summed E-state index contributed by atoms with van der Waals surface area (Å²) < 4.78 is 5.69.